The number of benzene rings is 1. The Bertz CT molecular complexity index is 534. The topological polar surface area (TPSA) is 65.5 Å². The average molecular weight is 275 g/mol. The van der Waals surface area contributed by atoms with Crippen LogP contribution in [0.1, 0.15) is 0 Å². The second-order valence-electron chi connectivity index (χ2n) is 3.82. The van der Waals surface area contributed by atoms with Crippen LogP contribution in [0.5, 0.6) is 17.4 Å². The van der Waals surface area contributed by atoms with Gasteiger partial charge in [0.1, 0.15) is 25.3 Å². The van der Waals surface area contributed by atoms with Gasteiger partial charge in [0.15, 0.2) is 5.82 Å². The Balaban J connectivity index is 1.88. The van der Waals surface area contributed by atoms with Gasteiger partial charge < -0.3 is 19.5 Å². The van der Waals surface area contributed by atoms with Gasteiger partial charge in [0.2, 0.25) is 5.75 Å². The molecule has 0 saturated carbocycles. The minimum absolute atomic E-state index is 0.366. The zero-order valence-corrected chi connectivity index (χ0v) is 11.5. The summed E-state index contributed by atoms with van der Waals surface area (Å²) in [5, 5.41) is 2.92. The number of ether oxygens (including phenoxy) is 3. The molecule has 20 heavy (non-hydrogen) atoms. The first-order valence-corrected chi connectivity index (χ1v) is 6.22. The normalized spacial score (nSPS) is 9.90. The number of rotatable bonds is 7. The Kier molecular flexibility index (Phi) is 5.00. The van der Waals surface area contributed by atoms with Crippen LogP contribution in [0.4, 0.5) is 5.82 Å². The lowest BCUT2D eigenvalue weighted by atomic mass is 10.3. The molecule has 1 aromatic carbocycles. The van der Waals surface area contributed by atoms with Gasteiger partial charge in [-0.1, -0.05) is 18.2 Å². The van der Waals surface area contributed by atoms with E-state index in [4.69, 9.17) is 14.2 Å². The fourth-order valence-electron chi connectivity index (χ4n) is 1.64. The zero-order valence-electron chi connectivity index (χ0n) is 11.5. The van der Waals surface area contributed by atoms with E-state index in [1.165, 1.54) is 6.33 Å². The third-order valence-corrected chi connectivity index (χ3v) is 2.55. The van der Waals surface area contributed by atoms with Gasteiger partial charge in [0, 0.05) is 7.05 Å². The lowest BCUT2D eigenvalue weighted by Gasteiger charge is -2.12. The molecule has 0 aliphatic carbocycles. The van der Waals surface area contributed by atoms with E-state index in [0.29, 0.717) is 30.7 Å². The van der Waals surface area contributed by atoms with E-state index in [2.05, 4.69) is 15.3 Å². The summed E-state index contributed by atoms with van der Waals surface area (Å²) in [6.45, 7) is 0.789. The van der Waals surface area contributed by atoms with E-state index >= 15 is 0 Å². The van der Waals surface area contributed by atoms with E-state index in [9.17, 15) is 0 Å². The highest BCUT2D eigenvalue weighted by molar-refractivity contribution is 5.54. The Morgan fingerprint density at radius 1 is 1.05 bits per heavy atom. The predicted octanol–water partition coefficient (Wildman–Crippen LogP) is 1.98. The lowest BCUT2D eigenvalue weighted by Crippen LogP contribution is -2.11. The molecule has 0 bridgehead atoms. The minimum Gasteiger partial charge on any atom is -0.490 e. The summed E-state index contributed by atoms with van der Waals surface area (Å²) in [4.78, 5) is 8.09. The number of nitrogens with zero attached hydrogens (tertiary/aromatic N) is 2. The SMILES string of the molecule is CNc1ncnc(OCCOc2ccccc2)c1OC. The second kappa shape index (κ2) is 7.18. The van der Waals surface area contributed by atoms with Crippen LogP contribution in [0.25, 0.3) is 0 Å². The lowest BCUT2D eigenvalue weighted by molar-refractivity contribution is 0.205. The minimum atomic E-state index is 0.366. The molecule has 1 heterocycles. The van der Waals surface area contributed by atoms with Crippen LogP contribution in [0.2, 0.25) is 0 Å². The van der Waals surface area contributed by atoms with Crippen molar-refractivity contribution < 1.29 is 14.2 Å². The largest absolute Gasteiger partial charge is 0.490 e. The summed E-state index contributed by atoms with van der Waals surface area (Å²) < 4.78 is 16.3. The smallest absolute Gasteiger partial charge is 0.262 e. The summed E-state index contributed by atoms with van der Waals surface area (Å²) in [7, 11) is 3.31. The molecule has 0 radical (unpaired) electrons. The van der Waals surface area contributed by atoms with Crippen LogP contribution in [0.15, 0.2) is 36.7 Å². The highest BCUT2D eigenvalue weighted by Gasteiger charge is 2.12. The van der Waals surface area contributed by atoms with Gasteiger partial charge in [-0.05, 0) is 12.1 Å². The van der Waals surface area contributed by atoms with Crippen molar-refractivity contribution in [3.05, 3.63) is 36.7 Å². The monoisotopic (exact) mass is 275 g/mol. The molecule has 0 aliphatic rings. The number of anilines is 1. The first-order chi connectivity index (χ1) is 9.85. The maximum Gasteiger partial charge on any atom is 0.262 e. The third-order valence-electron chi connectivity index (χ3n) is 2.55. The zero-order chi connectivity index (χ0) is 14.2. The molecule has 0 saturated heterocycles. The molecule has 0 fully saturated rings. The van der Waals surface area contributed by atoms with Crippen molar-refractivity contribution in [3.8, 4) is 17.4 Å². The summed E-state index contributed by atoms with van der Waals surface area (Å²) in [5.41, 5.74) is 0. The van der Waals surface area contributed by atoms with E-state index in [-0.39, 0.29) is 0 Å². The number of hydrogen-bond acceptors (Lipinski definition) is 6. The first-order valence-electron chi connectivity index (χ1n) is 6.22. The van der Waals surface area contributed by atoms with E-state index < -0.39 is 0 Å². The summed E-state index contributed by atoms with van der Waals surface area (Å²) in [5.74, 6) is 2.27. The Morgan fingerprint density at radius 2 is 1.80 bits per heavy atom. The van der Waals surface area contributed by atoms with Crippen molar-refractivity contribution in [3.63, 3.8) is 0 Å². The Labute approximate surface area is 117 Å². The summed E-state index contributed by atoms with van der Waals surface area (Å²) >= 11 is 0. The van der Waals surface area contributed by atoms with Crippen LogP contribution in [0.3, 0.4) is 0 Å². The molecule has 0 atom stereocenters. The van der Waals surface area contributed by atoms with Gasteiger partial charge in [-0.3, -0.25) is 0 Å². The van der Waals surface area contributed by atoms with Crippen molar-refractivity contribution >= 4 is 5.82 Å². The maximum absolute atomic E-state index is 5.55. The van der Waals surface area contributed by atoms with Crippen LogP contribution >= 0.6 is 0 Å². The van der Waals surface area contributed by atoms with Crippen molar-refractivity contribution in [2.45, 2.75) is 0 Å². The number of nitrogens with one attached hydrogen (secondary N) is 1. The highest BCUT2D eigenvalue weighted by Crippen LogP contribution is 2.30. The highest BCUT2D eigenvalue weighted by atomic mass is 16.5. The van der Waals surface area contributed by atoms with Gasteiger partial charge in [-0.2, -0.15) is 4.98 Å². The van der Waals surface area contributed by atoms with E-state index in [1.54, 1.807) is 14.2 Å². The van der Waals surface area contributed by atoms with Crippen LogP contribution < -0.4 is 19.5 Å². The average Bonchev–Trinajstić information content (AvgIpc) is 2.52. The molecule has 6 heteroatoms. The molecular weight excluding hydrogens is 258 g/mol. The molecule has 2 rings (SSSR count). The van der Waals surface area contributed by atoms with E-state index in [1.807, 2.05) is 30.3 Å². The van der Waals surface area contributed by atoms with E-state index in [0.717, 1.165) is 5.75 Å². The van der Waals surface area contributed by atoms with Crippen LogP contribution in [-0.4, -0.2) is 37.3 Å². The standard InChI is InChI=1S/C14H17N3O3/c1-15-13-12(18-2)14(17-10-16-13)20-9-8-19-11-6-4-3-5-7-11/h3-7,10H,8-9H2,1-2H3,(H,15,16,17). The molecule has 0 aliphatic heterocycles. The van der Waals surface area contributed by atoms with Gasteiger partial charge in [0.05, 0.1) is 7.11 Å². The molecule has 0 unspecified atom stereocenters. The Morgan fingerprint density at radius 3 is 2.50 bits per heavy atom. The van der Waals surface area contributed by atoms with Gasteiger partial charge >= 0.3 is 0 Å². The number of para-hydroxylation sites is 1. The number of methoxy groups -OCH3 is 1. The molecule has 0 spiro atoms. The van der Waals surface area contributed by atoms with Crippen molar-refractivity contribution in [2.24, 2.45) is 0 Å². The van der Waals surface area contributed by atoms with Crippen molar-refractivity contribution in [1.29, 1.82) is 0 Å². The summed E-state index contributed by atoms with van der Waals surface area (Å²) in [6, 6.07) is 9.56. The molecule has 1 aromatic heterocycles. The van der Waals surface area contributed by atoms with Crippen LogP contribution in [-0.2, 0) is 0 Å². The maximum atomic E-state index is 5.55. The molecule has 1 N–H and O–H groups in total. The fourth-order valence-corrected chi connectivity index (χ4v) is 1.64. The molecule has 6 nitrogen and oxygen atoms in total. The molecule has 106 valence electrons. The predicted molar refractivity (Wildman–Crippen MR) is 75.6 cm³/mol. The van der Waals surface area contributed by atoms with Crippen molar-refractivity contribution in [1.82, 2.24) is 9.97 Å². The fraction of sp³-hybridized carbons (Fsp3) is 0.286. The molecule has 0 amide bonds. The Hall–Kier alpha value is -2.50. The first kappa shape index (κ1) is 13.9. The number of aromatic nitrogens is 2. The second-order valence-corrected chi connectivity index (χ2v) is 3.82. The summed E-state index contributed by atoms with van der Waals surface area (Å²) in [6.07, 6.45) is 1.42. The molecule has 2 aromatic rings. The van der Waals surface area contributed by atoms with Gasteiger partial charge in [0.25, 0.3) is 5.88 Å². The molecular formula is C14H17N3O3. The quantitative estimate of drug-likeness (QED) is 0.779. The van der Waals surface area contributed by atoms with Crippen LogP contribution in [0, 0.1) is 0 Å². The van der Waals surface area contributed by atoms with Gasteiger partial charge in [-0.15, -0.1) is 0 Å². The number of hydrogen-bond donors (Lipinski definition) is 1. The van der Waals surface area contributed by atoms with Gasteiger partial charge in [-0.25, -0.2) is 4.98 Å². The third kappa shape index (κ3) is 3.50. The van der Waals surface area contributed by atoms with Crippen molar-refractivity contribution in [2.75, 3.05) is 32.7 Å².